The van der Waals surface area contributed by atoms with Crippen LogP contribution in [-0.4, -0.2) is 15.6 Å². The topological polar surface area (TPSA) is 42.2 Å². The van der Waals surface area contributed by atoms with E-state index in [1.807, 2.05) is 20.9 Å². The summed E-state index contributed by atoms with van der Waals surface area (Å²) in [6.45, 7) is 3.71. The number of halogens is 1. The largest absolute Gasteiger partial charge is 0.481 e. The fourth-order valence-corrected chi connectivity index (χ4v) is 1.65. The molecule has 0 fully saturated rings. The van der Waals surface area contributed by atoms with Crippen molar-refractivity contribution in [2.45, 2.75) is 20.3 Å². The lowest BCUT2D eigenvalue weighted by atomic mass is 10.1. The lowest BCUT2D eigenvalue weighted by Gasteiger charge is -1.98. The molecule has 0 aliphatic carbocycles. The normalized spacial score (nSPS) is 10.5. The maximum atomic E-state index is 10.5. The standard InChI is InChI=1S/C9H12ClNO2/c1-5-7(4-8(12)13)6(2)11(3)9(5)10/h4H2,1-3H3,(H,12,13). The summed E-state index contributed by atoms with van der Waals surface area (Å²) >= 11 is 5.96. The molecule has 1 aromatic rings. The van der Waals surface area contributed by atoms with Gasteiger partial charge < -0.3 is 9.67 Å². The van der Waals surface area contributed by atoms with Crippen molar-refractivity contribution in [1.29, 1.82) is 0 Å². The predicted octanol–water partition coefficient (Wildman–Crippen LogP) is 1.92. The number of hydrogen-bond donors (Lipinski definition) is 1. The van der Waals surface area contributed by atoms with Crippen LogP contribution in [0.15, 0.2) is 0 Å². The van der Waals surface area contributed by atoms with Gasteiger partial charge in [-0.2, -0.15) is 0 Å². The number of aliphatic carboxylic acids is 1. The van der Waals surface area contributed by atoms with Gasteiger partial charge in [0, 0.05) is 12.7 Å². The molecule has 0 bridgehead atoms. The van der Waals surface area contributed by atoms with Crippen LogP contribution >= 0.6 is 11.6 Å². The van der Waals surface area contributed by atoms with Crippen molar-refractivity contribution in [3.05, 3.63) is 22.0 Å². The minimum Gasteiger partial charge on any atom is -0.481 e. The van der Waals surface area contributed by atoms with E-state index in [-0.39, 0.29) is 6.42 Å². The van der Waals surface area contributed by atoms with E-state index in [4.69, 9.17) is 16.7 Å². The second kappa shape index (κ2) is 3.42. The molecule has 1 N–H and O–H groups in total. The van der Waals surface area contributed by atoms with Gasteiger partial charge in [0.15, 0.2) is 0 Å². The first-order chi connectivity index (χ1) is 5.95. The molecule has 0 aromatic carbocycles. The molecule has 0 saturated heterocycles. The van der Waals surface area contributed by atoms with E-state index in [1.54, 1.807) is 4.57 Å². The molecule has 0 saturated carbocycles. The zero-order chi connectivity index (χ0) is 10.2. The highest BCUT2D eigenvalue weighted by Crippen LogP contribution is 2.25. The number of nitrogens with zero attached hydrogens (tertiary/aromatic N) is 1. The molecule has 72 valence electrons. The Morgan fingerprint density at radius 3 is 2.38 bits per heavy atom. The third-order valence-electron chi connectivity index (χ3n) is 2.32. The van der Waals surface area contributed by atoms with Crippen LogP contribution in [0, 0.1) is 13.8 Å². The van der Waals surface area contributed by atoms with Crippen molar-refractivity contribution < 1.29 is 9.90 Å². The van der Waals surface area contributed by atoms with E-state index >= 15 is 0 Å². The molecule has 3 nitrogen and oxygen atoms in total. The molecule has 0 unspecified atom stereocenters. The fourth-order valence-electron chi connectivity index (χ4n) is 1.41. The Kier molecular flexibility index (Phi) is 2.66. The lowest BCUT2D eigenvalue weighted by Crippen LogP contribution is -2.02. The molecule has 0 aliphatic rings. The smallest absolute Gasteiger partial charge is 0.307 e. The van der Waals surface area contributed by atoms with E-state index in [9.17, 15) is 4.79 Å². The molecule has 1 rings (SSSR count). The summed E-state index contributed by atoms with van der Waals surface area (Å²) in [6, 6.07) is 0. The van der Waals surface area contributed by atoms with Gasteiger partial charge in [-0.3, -0.25) is 4.79 Å². The summed E-state index contributed by atoms with van der Waals surface area (Å²) in [5.74, 6) is -0.825. The van der Waals surface area contributed by atoms with Crippen molar-refractivity contribution in [3.8, 4) is 0 Å². The average molecular weight is 202 g/mol. The van der Waals surface area contributed by atoms with Gasteiger partial charge in [0.1, 0.15) is 5.15 Å². The summed E-state index contributed by atoms with van der Waals surface area (Å²) in [5, 5.41) is 9.28. The molecular weight excluding hydrogens is 190 g/mol. The third-order valence-corrected chi connectivity index (χ3v) is 2.86. The number of carboxylic acids is 1. The maximum Gasteiger partial charge on any atom is 0.307 e. The van der Waals surface area contributed by atoms with E-state index in [1.165, 1.54) is 0 Å². The first kappa shape index (κ1) is 10.1. The van der Waals surface area contributed by atoms with Crippen LogP contribution in [0.2, 0.25) is 5.15 Å². The van der Waals surface area contributed by atoms with Gasteiger partial charge in [-0.25, -0.2) is 0 Å². The Hall–Kier alpha value is -0.960. The van der Waals surface area contributed by atoms with E-state index < -0.39 is 5.97 Å². The van der Waals surface area contributed by atoms with Crippen molar-refractivity contribution in [2.24, 2.45) is 7.05 Å². The zero-order valence-corrected chi connectivity index (χ0v) is 8.64. The van der Waals surface area contributed by atoms with Gasteiger partial charge in [-0.15, -0.1) is 0 Å². The molecule has 0 aliphatic heterocycles. The van der Waals surface area contributed by atoms with Gasteiger partial charge in [-0.1, -0.05) is 11.6 Å². The molecule has 13 heavy (non-hydrogen) atoms. The van der Waals surface area contributed by atoms with Crippen molar-refractivity contribution >= 4 is 17.6 Å². The van der Waals surface area contributed by atoms with Gasteiger partial charge in [-0.05, 0) is 25.0 Å². The minimum absolute atomic E-state index is 0.0399. The van der Waals surface area contributed by atoms with Crippen LogP contribution in [0.3, 0.4) is 0 Å². The number of aromatic nitrogens is 1. The van der Waals surface area contributed by atoms with Crippen LogP contribution in [0.5, 0.6) is 0 Å². The van der Waals surface area contributed by atoms with Crippen LogP contribution in [0.1, 0.15) is 16.8 Å². The summed E-state index contributed by atoms with van der Waals surface area (Å²) in [4.78, 5) is 10.5. The van der Waals surface area contributed by atoms with E-state index in [0.717, 1.165) is 16.8 Å². The molecule has 4 heteroatoms. The molecule has 0 amide bonds. The summed E-state index contributed by atoms with van der Waals surface area (Å²) in [7, 11) is 1.83. The SMILES string of the molecule is Cc1c(CC(=O)O)c(C)n(C)c1Cl. The van der Waals surface area contributed by atoms with E-state index in [0.29, 0.717) is 5.15 Å². The van der Waals surface area contributed by atoms with Gasteiger partial charge in [0.2, 0.25) is 0 Å². The molecule has 0 radical (unpaired) electrons. The van der Waals surface area contributed by atoms with Crippen molar-refractivity contribution in [3.63, 3.8) is 0 Å². The summed E-state index contributed by atoms with van der Waals surface area (Å²) in [5.41, 5.74) is 2.61. The molecular formula is C9H12ClNO2. The van der Waals surface area contributed by atoms with Crippen LogP contribution in [-0.2, 0) is 18.3 Å². The lowest BCUT2D eigenvalue weighted by molar-refractivity contribution is -0.136. The monoisotopic (exact) mass is 201 g/mol. The Labute approximate surface area is 81.9 Å². The second-order valence-corrected chi connectivity index (χ2v) is 3.47. The van der Waals surface area contributed by atoms with Crippen molar-refractivity contribution in [1.82, 2.24) is 4.57 Å². The highest BCUT2D eigenvalue weighted by molar-refractivity contribution is 6.30. The molecule has 1 heterocycles. The fraction of sp³-hybridized carbons (Fsp3) is 0.444. The Morgan fingerprint density at radius 1 is 1.54 bits per heavy atom. The van der Waals surface area contributed by atoms with Crippen LogP contribution < -0.4 is 0 Å². The minimum atomic E-state index is -0.825. The quantitative estimate of drug-likeness (QED) is 0.795. The maximum absolute atomic E-state index is 10.5. The third kappa shape index (κ3) is 1.70. The highest BCUT2D eigenvalue weighted by Gasteiger charge is 2.15. The summed E-state index contributed by atoms with van der Waals surface area (Å²) < 4.78 is 1.80. The average Bonchev–Trinajstić information content (AvgIpc) is 2.22. The van der Waals surface area contributed by atoms with Gasteiger partial charge in [0.25, 0.3) is 0 Å². The summed E-state index contributed by atoms with van der Waals surface area (Å²) in [6.07, 6.45) is 0.0399. The number of carbonyl (C=O) groups is 1. The van der Waals surface area contributed by atoms with Crippen LogP contribution in [0.4, 0.5) is 0 Å². The molecule has 0 spiro atoms. The Morgan fingerprint density at radius 2 is 2.08 bits per heavy atom. The first-order valence-corrected chi connectivity index (χ1v) is 4.35. The van der Waals surface area contributed by atoms with E-state index in [2.05, 4.69) is 0 Å². The Balaban J connectivity index is 3.21. The molecule has 0 atom stereocenters. The highest BCUT2D eigenvalue weighted by atomic mass is 35.5. The first-order valence-electron chi connectivity index (χ1n) is 3.97. The Bertz CT molecular complexity index is 329. The predicted molar refractivity (Wildman–Crippen MR) is 51.2 cm³/mol. The zero-order valence-electron chi connectivity index (χ0n) is 7.89. The van der Waals surface area contributed by atoms with Gasteiger partial charge >= 0.3 is 5.97 Å². The molecule has 1 aromatic heterocycles. The number of rotatable bonds is 2. The second-order valence-electron chi connectivity index (χ2n) is 3.11. The van der Waals surface area contributed by atoms with Crippen LogP contribution in [0.25, 0.3) is 0 Å². The van der Waals surface area contributed by atoms with Crippen molar-refractivity contribution in [2.75, 3.05) is 0 Å². The van der Waals surface area contributed by atoms with Gasteiger partial charge in [0.05, 0.1) is 6.42 Å². The number of hydrogen-bond acceptors (Lipinski definition) is 1. The number of carboxylic acid groups (broad SMARTS) is 1.